The summed E-state index contributed by atoms with van der Waals surface area (Å²) in [6.07, 6.45) is 3.57. The SMILES string of the molecule is Cc1c(-c2cnc3ccc(N)cc3n2)cnn1C. The maximum atomic E-state index is 5.76. The molecule has 3 rings (SSSR count). The number of benzene rings is 1. The molecule has 3 aromatic rings. The number of nitrogen functional groups attached to an aromatic ring is 1. The van der Waals surface area contributed by atoms with Crippen LogP contribution in [0.4, 0.5) is 5.69 Å². The van der Waals surface area contributed by atoms with Crippen molar-refractivity contribution in [2.45, 2.75) is 6.92 Å². The Morgan fingerprint density at radius 3 is 2.72 bits per heavy atom. The Morgan fingerprint density at radius 1 is 1.17 bits per heavy atom. The number of nitrogens with two attached hydrogens (primary N) is 1. The molecule has 0 aliphatic rings. The Kier molecular flexibility index (Phi) is 2.26. The van der Waals surface area contributed by atoms with Gasteiger partial charge in [0.2, 0.25) is 0 Å². The second kappa shape index (κ2) is 3.80. The largest absolute Gasteiger partial charge is 0.399 e. The van der Waals surface area contributed by atoms with Gasteiger partial charge < -0.3 is 5.73 Å². The molecule has 0 aliphatic carbocycles. The van der Waals surface area contributed by atoms with Crippen LogP contribution < -0.4 is 5.73 Å². The maximum Gasteiger partial charge on any atom is 0.0927 e. The molecule has 18 heavy (non-hydrogen) atoms. The van der Waals surface area contributed by atoms with E-state index in [0.29, 0.717) is 5.69 Å². The van der Waals surface area contributed by atoms with Crippen LogP contribution in [0, 0.1) is 6.92 Å². The van der Waals surface area contributed by atoms with Crippen molar-refractivity contribution in [2.24, 2.45) is 7.05 Å². The summed E-state index contributed by atoms with van der Waals surface area (Å²) in [5, 5.41) is 4.21. The maximum absolute atomic E-state index is 5.76. The molecular formula is C13H13N5. The summed E-state index contributed by atoms with van der Waals surface area (Å²) in [7, 11) is 1.91. The Labute approximate surface area is 104 Å². The van der Waals surface area contributed by atoms with E-state index < -0.39 is 0 Å². The van der Waals surface area contributed by atoms with Crippen molar-refractivity contribution in [3.05, 3.63) is 36.3 Å². The second-order valence-corrected chi connectivity index (χ2v) is 4.27. The van der Waals surface area contributed by atoms with E-state index in [1.165, 1.54) is 0 Å². The monoisotopic (exact) mass is 239 g/mol. The van der Waals surface area contributed by atoms with Crippen LogP contribution in [0.15, 0.2) is 30.6 Å². The third kappa shape index (κ3) is 1.60. The van der Waals surface area contributed by atoms with Gasteiger partial charge in [-0.3, -0.25) is 9.67 Å². The summed E-state index contributed by atoms with van der Waals surface area (Å²) >= 11 is 0. The van der Waals surface area contributed by atoms with Crippen molar-refractivity contribution in [2.75, 3.05) is 5.73 Å². The summed E-state index contributed by atoms with van der Waals surface area (Å²) in [6.45, 7) is 2.01. The lowest BCUT2D eigenvalue weighted by molar-refractivity contribution is 0.740. The smallest absolute Gasteiger partial charge is 0.0927 e. The molecule has 0 fully saturated rings. The molecule has 90 valence electrons. The first-order valence-electron chi connectivity index (χ1n) is 5.66. The van der Waals surface area contributed by atoms with Crippen LogP contribution in [0.3, 0.4) is 0 Å². The molecule has 0 saturated carbocycles. The van der Waals surface area contributed by atoms with Gasteiger partial charge in [-0.2, -0.15) is 5.10 Å². The number of fused-ring (bicyclic) bond motifs is 1. The predicted molar refractivity (Wildman–Crippen MR) is 70.9 cm³/mol. The first kappa shape index (κ1) is 10.7. The number of aryl methyl sites for hydroxylation is 1. The van der Waals surface area contributed by atoms with Gasteiger partial charge in [0.1, 0.15) is 0 Å². The molecule has 0 spiro atoms. The molecule has 0 atom stereocenters. The second-order valence-electron chi connectivity index (χ2n) is 4.27. The topological polar surface area (TPSA) is 69.6 Å². The first-order valence-corrected chi connectivity index (χ1v) is 5.66. The van der Waals surface area contributed by atoms with Gasteiger partial charge in [-0.1, -0.05) is 0 Å². The predicted octanol–water partition coefficient (Wildman–Crippen LogP) is 1.92. The van der Waals surface area contributed by atoms with Crippen LogP contribution >= 0.6 is 0 Å². The van der Waals surface area contributed by atoms with E-state index in [1.807, 2.05) is 36.9 Å². The van der Waals surface area contributed by atoms with E-state index in [-0.39, 0.29) is 0 Å². The lowest BCUT2D eigenvalue weighted by atomic mass is 10.2. The van der Waals surface area contributed by atoms with Crippen molar-refractivity contribution in [1.29, 1.82) is 0 Å². The van der Waals surface area contributed by atoms with E-state index >= 15 is 0 Å². The minimum absolute atomic E-state index is 0.692. The zero-order chi connectivity index (χ0) is 12.7. The summed E-state index contributed by atoms with van der Waals surface area (Å²) in [4.78, 5) is 8.98. The summed E-state index contributed by atoms with van der Waals surface area (Å²) in [5.41, 5.74) is 11.0. The highest BCUT2D eigenvalue weighted by Crippen LogP contribution is 2.22. The zero-order valence-corrected chi connectivity index (χ0v) is 10.3. The van der Waals surface area contributed by atoms with Crippen molar-refractivity contribution in [1.82, 2.24) is 19.7 Å². The minimum Gasteiger partial charge on any atom is -0.399 e. The van der Waals surface area contributed by atoms with Gasteiger partial charge in [0.25, 0.3) is 0 Å². The van der Waals surface area contributed by atoms with Crippen LogP contribution in [0.1, 0.15) is 5.69 Å². The Hall–Kier alpha value is -2.43. The number of hydrogen-bond acceptors (Lipinski definition) is 4. The number of aromatic nitrogens is 4. The zero-order valence-electron chi connectivity index (χ0n) is 10.3. The van der Waals surface area contributed by atoms with Gasteiger partial charge in [0.15, 0.2) is 0 Å². The summed E-state index contributed by atoms with van der Waals surface area (Å²) in [5.74, 6) is 0. The van der Waals surface area contributed by atoms with E-state index in [1.54, 1.807) is 12.4 Å². The molecule has 2 heterocycles. The van der Waals surface area contributed by atoms with Gasteiger partial charge >= 0.3 is 0 Å². The molecule has 5 nitrogen and oxygen atoms in total. The number of rotatable bonds is 1. The number of nitrogens with zero attached hydrogens (tertiary/aromatic N) is 4. The van der Waals surface area contributed by atoms with Crippen LogP contribution in [0.25, 0.3) is 22.3 Å². The van der Waals surface area contributed by atoms with Gasteiger partial charge in [0, 0.05) is 24.0 Å². The van der Waals surface area contributed by atoms with E-state index in [4.69, 9.17) is 5.73 Å². The highest BCUT2D eigenvalue weighted by Gasteiger charge is 2.09. The number of anilines is 1. The summed E-state index contributed by atoms with van der Waals surface area (Å²) < 4.78 is 1.82. The molecule has 2 aromatic heterocycles. The third-order valence-corrected chi connectivity index (χ3v) is 3.08. The Balaban J connectivity index is 2.21. The van der Waals surface area contributed by atoms with Crippen LogP contribution in [-0.2, 0) is 7.05 Å². The van der Waals surface area contributed by atoms with Gasteiger partial charge in [-0.15, -0.1) is 0 Å². The van der Waals surface area contributed by atoms with Crippen molar-refractivity contribution >= 4 is 16.7 Å². The van der Waals surface area contributed by atoms with Gasteiger partial charge in [0.05, 0.1) is 29.1 Å². The third-order valence-electron chi connectivity index (χ3n) is 3.08. The van der Waals surface area contributed by atoms with E-state index in [9.17, 15) is 0 Å². The quantitative estimate of drug-likeness (QED) is 0.659. The van der Waals surface area contributed by atoms with Crippen molar-refractivity contribution in [3.63, 3.8) is 0 Å². The standard InChI is InChI=1S/C13H13N5/c1-8-10(6-16-18(8)2)13-7-15-11-4-3-9(14)5-12(11)17-13/h3-7H,14H2,1-2H3. The van der Waals surface area contributed by atoms with Crippen LogP contribution in [-0.4, -0.2) is 19.7 Å². The average Bonchev–Trinajstić information content (AvgIpc) is 2.69. The molecule has 5 heteroatoms. The normalized spacial score (nSPS) is 11.0. The average molecular weight is 239 g/mol. The molecular weight excluding hydrogens is 226 g/mol. The lowest BCUT2D eigenvalue weighted by Gasteiger charge is -2.03. The van der Waals surface area contributed by atoms with Crippen molar-refractivity contribution < 1.29 is 0 Å². The van der Waals surface area contributed by atoms with E-state index in [2.05, 4.69) is 15.1 Å². The van der Waals surface area contributed by atoms with Crippen LogP contribution in [0.2, 0.25) is 0 Å². The summed E-state index contributed by atoms with van der Waals surface area (Å²) in [6, 6.07) is 5.53. The first-order chi connectivity index (χ1) is 8.65. The van der Waals surface area contributed by atoms with Gasteiger partial charge in [-0.05, 0) is 25.1 Å². The molecule has 0 bridgehead atoms. The molecule has 0 unspecified atom stereocenters. The Morgan fingerprint density at radius 2 is 2.00 bits per heavy atom. The fourth-order valence-electron chi connectivity index (χ4n) is 1.91. The molecule has 0 amide bonds. The van der Waals surface area contributed by atoms with E-state index in [0.717, 1.165) is 28.0 Å². The molecule has 0 radical (unpaired) electrons. The fourth-order valence-corrected chi connectivity index (χ4v) is 1.91. The minimum atomic E-state index is 0.692. The Bertz CT molecular complexity index is 729. The van der Waals surface area contributed by atoms with Gasteiger partial charge in [-0.25, -0.2) is 4.98 Å². The highest BCUT2D eigenvalue weighted by atomic mass is 15.3. The lowest BCUT2D eigenvalue weighted by Crippen LogP contribution is -1.94. The van der Waals surface area contributed by atoms with Crippen molar-refractivity contribution in [3.8, 4) is 11.3 Å². The molecule has 0 aliphatic heterocycles. The molecule has 1 aromatic carbocycles. The highest BCUT2D eigenvalue weighted by molar-refractivity contribution is 5.80. The van der Waals surface area contributed by atoms with Crippen LogP contribution in [0.5, 0.6) is 0 Å². The molecule has 2 N–H and O–H groups in total. The fraction of sp³-hybridized carbons (Fsp3) is 0.154. The number of hydrogen-bond donors (Lipinski definition) is 1. The molecule has 0 saturated heterocycles.